The Labute approximate surface area is 157 Å². The van der Waals surface area contributed by atoms with Crippen molar-refractivity contribution in [3.8, 4) is 11.4 Å². The standard InChI is InChI=1S/C17H22N4O5S/c1-26-15-6-5-14(21-8-2-7-19-21)9-16(15)27(24,25)20-10-12(17(22)23)3-4-13(18)11-20/h2,5-9,12-13H,3-4,10-11,18H2,1H3,(H,22,23)/t12-,13+/m0/s1. The zero-order chi connectivity index (χ0) is 19.6. The monoisotopic (exact) mass is 394 g/mol. The summed E-state index contributed by atoms with van der Waals surface area (Å²) in [6.07, 6.45) is 4.07. The number of benzene rings is 1. The highest BCUT2D eigenvalue weighted by Crippen LogP contribution is 2.31. The van der Waals surface area contributed by atoms with Crippen molar-refractivity contribution in [1.82, 2.24) is 14.1 Å². The SMILES string of the molecule is COc1ccc(-n2cccn2)cc1S(=O)(=O)N1C[C@H](N)CC[C@H](C(=O)O)C1. The second kappa shape index (κ2) is 7.67. The van der Waals surface area contributed by atoms with Gasteiger partial charge in [-0.2, -0.15) is 9.40 Å². The molecule has 1 saturated heterocycles. The number of nitrogens with zero attached hydrogens (tertiary/aromatic N) is 3. The first-order chi connectivity index (χ1) is 12.8. The lowest BCUT2D eigenvalue weighted by atomic mass is 10.0. The van der Waals surface area contributed by atoms with Gasteiger partial charge in [0.2, 0.25) is 10.0 Å². The normalized spacial score (nSPS) is 21.6. The van der Waals surface area contributed by atoms with Gasteiger partial charge in [-0.25, -0.2) is 13.1 Å². The molecule has 2 heterocycles. The number of sulfonamides is 1. The number of aromatic nitrogens is 2. The number of rotatable bonds is 5. The first-order valence-electron chi connectivity index (χ1n) is 8.49. The average molecular weight is 394 g/mol. The number of methoxy groups -OCH3 is 1. The van der Waals surface area contributed by atoms with Gasteiger partial charge in [0.05, 0.1) is 18.7 Å². The molecule has 0 radical (unpaired) electrons. The van der Waals surface area contributed by atoms with E-state index in [9.17, 15) is 18.3 Å². The molecule has 146 valence electrons. The minimum atomic E-state index is -4.02. The van der Waals surface area contributed by atoms with Crippen LogP contribution in [0.1, 0.15) is 12.8 Å². The predicted octanol–water partition coefficient (Wildman–Crippen LogP) is 0.694. The number of carbonyl (C=O) groups is 1. The second-order valence-electron chi connectivity index (χ2n) is 6.48. The molecule has 1 aromatic carbocycles. The van der Waals surface area contributed by atoms with Crippen molar-refractivity contribution in [3.05, 3.63) is 36.7 Å². The topological polar surface area (TPSA) is 128 Å². The molecule has 1 fully saturated rings. The van der Waals surface area contributed by atoms with Crippen LogP contribution in [-0.2, 0) is 14.8 Å². The van der Waals surface area contributed by atoms with Crippen LogP contribution in [0.4, 0.5) is 0 Å². The fourth-order valence-electron chi connectivity index (χ4n) is 3.15. The average Bonchev–Trinajstić information content (AvgIpc) is 3.10. The fraction of sp³-hybridized carbons (Fsp3) is 0.412. The minimum Gasteiger partial charge on any atom is -0.495 e. The van der Waals surface area contributed by atoms with Crippen molar-refractivity contribution in [2.45, 2.75) is 23.8 Å². The van der Waals surface area contributed by atoms with E-state index in [0.29, 0.717) is 18.5 Å². The number of ether oxygens (including phenoxy) is 1. The summed E-state index contributed by atoms with van der Waals surface area (Å²) in [7, 11) is -2.63. The molecule has 27 heavy (non-hydrogen) atoms. The Balaban J connectivity index is 2.04. The first-order valence-corrected chi connectivity index (χ1v) is 9.93. The van der Waals surface area contributed by atoms with Crippen molar-refractivity contribution in [1.29, 1.82) is 0 Å². The van der Waals surface area contributed by atoms with E-state index in [1.54, 1.807) is 30.6 Å². The molecule has 10 heteroatoms. The van der Waals surface area contributed by atoms with Gasteiger partial charge in [-0.3, -0.25) is 4.79 Å². The maximum Gasteiger partial charge on any atom is 0.307 e. The van der Waals surface area contributed by atoms with Gasteiger partial charge in [0.15, 0.2) is 0 Å². The largest absolute Gasteiger partial charge is 0.495 e. The van der Waals surface area contributed by atoms with Crippen LogP contribution in [0.15, 0.2) is 41.6 Å². The maximum absolute atomic E-state index is 13.3. The lowest BCUT2D eigenvalue weighted by molar-refractivity contribution is -0.142. The van der Waals surface area contributed by atoms with E-state index in [1.165, 1.54) is 17.9 Å². The van der Waals surface area contributed by atoms with E-state index in [-0.39, 0.29) is 23.7 Å². The van der Waals surface area contributed by atoms with Crippen LogP contribution in [0.5, 0.6) is 5.75 Å². The molecule has 0 bridgehead atoms. The third-order valence-electron chi connectivity index (χ3n) is 4.63. The van der Waals surface area contributed by atoms with E-state index >= 15 is 0 Å². The highest BCUT2D eigenvalue weighted by Gasteiger charge is 2.35. The summed E-state index contributed by atoms with van der Waals surface area (Å²) >= 11 is 0. The van der Waals surface area contributed by atoms with E-state index in [2.05, 4.69) is 5.10 Å². The molecule has 9 nitrogen and oxygen atoms in total. The van der Waals surface area contributed by atoms with Crippen molar-refractivity contribution in [3.63, 3.8) is 0 Å². The van der Waals surface area contributed by atoms with Crippen LogP contribution in [0.25, 0.3) is 5.69 Å². The molecular formula is C17H22N4O5S. The summed E-state index contributed by atoms with van der Waals surface area (Å²) < 4.78 is 34.6. The molecule has 2 atom stereocenters. The Hall–Kier alpha value is -2.43. The molecular weight excluding hydrogens is 372 g/mol. The van der Waals surface area contributed by atoms with Crippen molar-refractivity contribution >= 4 is 16.0 Å². The number of carboxylic acids is 1. The van der Waals surface area contributed by atoms with Gasteiger partial charge >= 0.3 is 5.97 Å². The molecule has 0 aliphatic carbocycles. The van der Waals surface area contributed by atoms with Crippen molar-refractivity contribution in [2.24, 2.45) is 11.7 Å². The summed E-state index contributed by atoms with van der Waals surface area (Å²) in [6.45, 7) is -0.0677. The number of nitrogens with two attached hydrogens (primary N) is 1. The lowest BCUT2D eigenvalue weighted by Crippen LogP contribution is -2.41. The van der Waals surface area contributed by atoms with Crippen LogP contribution in [-0.4, -0.2) is 59.8 Å². The first kappa shape index (κ1) is 19.3. The molecule has 3 N–H and O–H groups in total. The van der Waals surface area contributed by atoms with Crippen LogP contribution >= 0.6 is 0 Å². The third-order valence-corrected chi connectivity index (χ3v) is 6.48. The molecule has 3 rings (SSSR count). The molecule has 2 aromatic rings. The summed E-state index contributed by atoms with van der Waals surface area (Å²) in [6, 6.07) is 6.01. The Kier molecular flexibility index (Phi) is 5.49. The second-order valence-corrected chi connectivity index (χ2v) is 8.39. The highest BCUT2D eigenvalue weighted by molar-refractivity contribution is 7.89. The smallest absolute Gasteiger partial charge is 0.307 e. The van der Waals surface area contributed by atoms with Gasteiger partial charge in [-0.05, 0) is 37.1 Å². The van der Waals surface area contributed by atoms with E-state index < -0.39 is 28.0 Å². The maximum atomic E-state index is 13.3. The van der Waals surface area contributed by atoms with Gasteiger partial charge < -0.3 is 15.6 Å². The van der Waals surface area contributed by atoms with Gasteiger partial charge in [-0.1, -0.05) is 0 Å². The summed E-state index contributed by atoms with van der Waals surface area (Å²) in [5.41, 5.74) is 6.54. The summed E-state index contributed by atoms with van der Waals surface area (Å²) in [5.74, 6) is -1.65. The minimum absolute atomic E-state index is 0.0451. The van der Waals surface area contributed by atoms with E-state index in [0.717, 1.165) is 4.31 Å². The van der Waals surface area contributed by atoms with Crippen molar-refractivity contribution in [2.75, 3.05) is 20.2 Å². The number of hydrogen-bond acceptors (Lipinski definition) is 6. The lowest BCUT2D eigenvalue weighted by Gasteiger charge is -2.24. The van der Waals surface area contributed by atoms with Gasteiger partial charge in [-0.15, -0.1) is 0 Å². The Morgan fingerprint density at radius 3 is 2.74 bits per heavy atom. The van der Waals surface area contributed by atoms with Crippen molar-refractivity contribution < 1.29 is 23.1 Å². The number of hydrogen-bond donors (Lipinski definition) is 2. The molecule has 0 amide bonds. The molecule has 1 aromatic heterocycles. The molecule has 0 unspecified atom stereocenters. The van der Waals surface area contributed by atoms with Crippen LogP contribution in [0.2, 0.25) is 0 Å². The zero-order valence-corrected chi connectivity index (χ0v) is 15.7. The quantitative estimate of drug-likeness (QED) is 0.764. The van der Waals surface area contributed by atoms with Gasteiger partial charge in [0.25, 0.3) is 0 Å². The highest BCUT2D eigenvalue weighted by atomic mass is 32.2. The molecule has 1 aliphatic rings. The van der Waals surface area contributed by atoms with Crippen LogP contribution in [0.3, 0.4) is 0 Å². The Morgan fingerprint density at radius 1 is 1.33 bits per heavy atom. The van der Waals surface area contributed by atoms with Gasteiger partial charge in [0.1, 0.15) is 10.6 Å². The molecule has 1 aliphatic heterocycles. The van der Waals surface area contributed by atoms with Crippen LogP contribution < -0.4 is 10.5 Å². The van der Waals surface area contributed by atoms with E-state index in [1.807, 2.05) is 0 Å². The Bertz CT molecular complexity index is 913. The third kappa shape index (κ3) is 3.97. The zero-order valence-electron chi connectivity index (χ0n) is 14.9. The molecule has 0 spiro atoms. The van der Waals surface area contributed by atoms with Crippen LogP contribution in [0, 0.1) is 5.92 Å². The number of carboxylic acid groups (broad SMARTS) is 1. The van der Waals surface area contributed by atoms with E-state index in [4.69, 9.17) is 10.5 Å². The molecule has 0 saturated carbocycles. The summed E-state index contributed by atoms with van der Waals surface area (Å²) in [4.78, 5) is 11.4. The summed E-state index contributed by atoms with van der Waals surface area (Å²) in [5, 5.41) is 13.5. The predicted molar refractivity (Wildman–Crippen MR) is 97.2 cm³/mol. The van der Waals surface area contributed by atoms with Gasteiger partial charge in [0, 0.05) is 31.5 Å². The number of aliphatic carboxylic acids is 1. The fourth-order valence-corrected chi connectivity index (χ4v) is 4.87. The Morgan fingerprint density at radius 2 is 2.11 bits per heavy atom.